The standard InChI is InChI=1S/C21H25NO3/c1-4-8-19(17-9-6-5-7-10-17)22-20(23)14-25-21(24)18-12-15(2)11-16(3)13-18/h5-7,9-13,19H,4,8,14H2,1-3H3,(H,22,23)/t19-/m1/s1. The third-order valence-corrected chi connectivity index (χ3v) is 3.91. The molecule has 2 aromatic rings. The summed E-state index contributed by atoms with van der Waals surface area (Å²) in [7, 11) is 0. The molecular formula is C21H25NO3. The maximum atomic E-state index is 12.2. The Morgan fingerprint density at radius 2 is 1.68 bits per heavy atom. The van der Waals surface area contributed by atoms with Crippen molar-refractivity contribution < 1.29 is 14.3 Å². The van der Waals surface area contributed by atoms with E-state index >= 15 is 0 Å². The number of aryl methyl sites for hydroxylation is 2. The van der Waals surface area contributed by atoms with Gasteiger partial charge < -0.3 is 10.1 Å². The second kappa shape index (κ2) is 9.02. The number of amides is 1. The van der Waals surface area contributed by atoms with E-state index in [9.17, 15) is 9.59 Å². The predicted molar refractivity (Wildman–Crippen MR) is 98.4 cm³/mol. The van der Waals surface area contributed by atoms with Crippen molar-refractivity contribution >= 4 is 11.9 Å². The quantitative estimate of drug-likeness (QED) is 0.772. The molecule has 0 spiro atoms. The Morgan fingerprint density at radius 1 is 1.04 bits per heavy atom. The monoisotopic (exact) mass is 339 g/mol. The summed E-state index contributed by atoms with van der Waals surface area (Å²) in [6.07, 6.45) is 1.78. The van der Waals surface area contributed by atoms with E-state index in [1.165, 1.54) is 0 Å². The average molecular weight is 339 g/mol. The van der Waals surface area contributed by atoms with Crippen molar-refractivity contribution in [3.05, 3.63) is 70.8 Å². The van der Waals surface area contributed by atoms with Crippen LogP contribution >= 0.6 is 0 Å². The first kappa shape index (κ1) is 18.7. The fourth-order valence-corrected chi connectivity index (χ4v) is 2.84. The highest BCUT2D eigenvalue weighted by molar-refractivity contribution is 5.91. The van der Waals surface area contributed by atoms with E-state index in [1.807, 2.05) is 50.2 Å². The Balaban J connectivity index is 1.93. The second-order valence-corrected chi connectivity index (χ2v) is 6.27. The SMILES string of the molecule is CCC[C@@H](NC(=O)COC(=O)c1cc(C)cc(C)c1)c1ccccc1. The van der Waals surface area contributed by atoms with E-state index in [1.54, 1.807) is 12.1 Å². The predicted octanol–water partition coefficient (Wildman–Crippen LogP) is 4.12. The smallest absolute Gasteiger partial charge is 0.338 e. The van der Waals surface area contributed by atoms with Crippen LogP contribution < -0.4 is 5.32 Å². The molecule has 0 aliphatic heterocycles. The molecule has 132 valence electrons. The first-order valence-electron chi connectivity index (χ1n) is 8.59. The number of hydrogen-bond donors (Lipinski definition) is 1. The number of hydrogen-bond acceptors (Lipinski definition) is 3. The summed E-state index contributed by atoms with van der Waals surface area (Å²) < 4.78 is 5.16. The van der Waals surface area contributed by atoms with Crippen molar-refractivity contribution in [2.45, 2.75) is 39.7 Å². The summed E-state index contributed by atoms with van der Waals surface area (Å²) in [5.41, 5.74) is 3.50. The van der Waals surface area contributed by atoms with Crippen LogP contribution in [0, 0.1) is 13.8 Å². The highest BCUT2D eigenvalue weighted by Crippen LogP contribution is 2.18. The van der Waals surface area contributed by atoms with Crippen LogP contribution in [0.3, 0.4) is 0 Å². The van der Waals surface area contributed by atoms with Gasteiger partial charge in [-0.15, -0.1) is 0 Å². The summed E-state index contributed by atoms with van der Waals surface area (Å²) in [5, 5.41) is 2.95. The van der Waals surface area contributed by atoms with Gasteiger partial charge in [-0.3, -0.25) is 4.79 Å². The zero-order valence-electron chi connectivity index (χ0n) is 15.0. The van der Waals surface area contributed by atoms with Crippen LogP contribution in [-0.4, -0.2) is 18.5 Å². The molecule has 0 heterocycles. The zero-order chi connectivity index (χ0) is 18.2. The van der Waals surface area contributed by atoms with Crippen molar-refractivity contribution in [1.29, 1.82) is 0 Å². The summed E-state index contributed by atoms with van der Waals surface area (Å²) in [5.74, 6) is -0.770. The molecule has 0 unspecified atom stereocenters. The minimum Gasteiger partial charge on any atom is -0.452 e. The normalized spacial score (nSPS) is 11.6. The van der Waals surface area contributed by atoms with Crippen LogP contribution in [0.2, 0.25) is 0 Å². The third-order valence-electron chi connectivity index (χ3n) is 3.91. The fourth-order valence-electron chi connectivity index (χ4n) is 2.84. The largest absolute Gasteiger partial charge is 0.452 e. The van der Waals surface area contributed by atoms with Crippen molar-refractivity contribution in [3.8, 4) is 0 Å². The maximum Gasteiger partial charge on any atom is 0.338 e. The number of ether oxygens (including phenoxy) is 1. The molecule has 0 aliphatic carbocycles. The van der Waals surface area contributed by atoms with Crippen LogP contribution in [0.15, 0.2) is 48.5 Å². The molecule has 4 nitrogen and oxygen atoms in total. The van der Waals surface area contributed by atoms with E-state index in [-0.39, 0.29) is 18.6 Å². The topological polar surface area (TPSA) is 55.4 Å². The van der Waals surface area contributed by atoms with E-state index in [0.717, 1.165) is 29.5 Å². The number of esters is 1. The Labute approximate surface area is 149 Å². The van der Waals surface area contributed by atoms with E-state index in [2.05, 4.69) is 12.2 Å². The van der Waals surface area contributed by atoms with E-state index in [0.29, 0.717) is 5.56 Å². The van der Waals surface area contributed by atoms with Crippen molar-refractivity contribution in [3.63, 3.8) is 0 Å². The van der Waals surface area contributed by atoms with E-state index < -0.39 is 5.97 Å². The molecule has 4 heteroatoms. The van der Waals surface area contributed by atoms with Crippen LogP contribution in [0.5, 0.6) is 0 Å². The van der Waals surface area contributed by atoms with Gasteiger partial charge in [0, 0.05) is 0 Å². The lowest BCUT2D eigenvalue weighted by Crippen LogP contribution is -2.32. The van der Waals surface area contributed by atoms with Gasteiger partial charge in [-0.1, -0.05) is 60.9 Å². The summed E-state index contributed by atoms with van der Waals surface area (Å²) in [4.78, 5) is 24.3. The molecule has 1 atom stereocenters. The van der Waals surface area contributed by atoms with Crippen LogP contribution in [0.1, 0.15) is 52.9 Å². The molecule has 2 aromatic carbocycles. The molecule has 0 saturated heterocycles. The average Bonchev–Trinajstić information content (AvgIpc) is 2.59. The molecule has 0 aliphatic rings. The molecule has 25 heavy (non-hydrogen) atoms. The van der Waals surface area contributed by atoms with Gasteiger partial charge in [0.1, 0.15) is 0 Å². The summed E-state index contributed by atoms with van der Waals surface area (Å²) >= 11 is 0. The Hall–Kier alpha value is -2.62. The molecule has 0 aromatic heterocycles. The minimum atomic E-state index is -0.478. The minimum absolute atomic E-state index is 0.0707. The molecule has 0 radical (unpaired) electrons. The third kappa shape index (κ3) is 5.75. The maximum absolute atomic E-state index is 12.2. The molecule has 0 bridgehead atoms. The lowest BCUT2D eigenvalue weighted by Gasteiger charge is -2.18. The molecule has 1 N–H and O–H groups in total. The number of benzene rings is 2. The highest BCUT2D eigenvalue weighted by atomic mass is 16.5. The second-order valence-electron chi connectivity index (χ2n) is 6.27. The van der Waals surface area contributed by atoms with Crippen molar-refractivity contribution in [1.82, 2.24) is 5.32 Å². The van der Waals surface area contributed by atoms with Crippen LogP contribution in [-0.2, 0) is 9.53 Å². The van der Waals surface area contributed by atoms with Gasteiger partial charge in [0.2, 0.25) is 0 Å². The van der Waals surface area contributed by atoms with Crippen LogP contribution in [0.4, 0.5) is 0 Å². The van der Waals surface area contributed by atoms with Gasteiger partial charge in [-0.25, -0.2) is 4.79 Å². The lowest BCUT2D eigenvalue weighted by molar-refractivity contribution is -0.125. The summed E-state index contributed by atoms with van der Waals surface area (Å²) in [6, 6.07) is 15.3. The first-order chi connectivity index (χ1) is 12.0. The van der Waals surface area contributed by atoms with E-state index in [4.69, 9.17) is 4.74 Å². The van der Waals surface area contributed by atoms with Gasteiger partial charge in [0.05, 0.1) is 11.6 Å². The Morgan fingerprint density at radius 3 is 2.28 bits per heavy atom. The molecule has 0 fully saturated rings. The number of rotatable bonds is 7. The molecular weight excluding hydrogens is 314 g/mol. The van der Waals surface area contributed by atoms with Gasteiger partial charge in [-0.05, 0) is 38.0 Å². The van der Waals surface area contributed by atoms with Crippen molar-refractivity contribution in [2.24, 2.45) is 0 Å². The van der Waals surface area contributed by atoms with Gasteiger partial charge in [-0.2, -0.15) is 0 Å². The number of nitrogens with one attached hydrogen (secondary N) is 1. The number of carbonyl (C=O) groups is 2. The Bertz CT molecular complexity index is 705. The molecule has 0 saturated carbocycles. The Kier molecular flexibility index (Phi) is 6.75. The molecule has 2 rings (SSSR count). The zero-order valence-corrected chi connectivity index (χ0v) is 15.0. The first-order valence-corrected chi connectivity index (χ1v) is 8.59. The van der Waals surface area contributed by atoms with Crippen LogP contribution in [0.25, 0.3) is 0 Å². The highest BCUT2D eigenvalue weighted by Gasteiger charge is 2.16. The van der Waals surface area contributed by atoms with Crippen molar-refractivity contribution in [2.75, 3.05) is 6.61 Å². The lowest BCUT2D eigenvalue weighted by atomic mass is 10.0. The summed E-state index contributed by atoms with van der Waals surface area (Å²) in [6.45, 7) is 5.64. The van der Waals surface area contributed by atoms with Gasteiger partial charge >= 0.3 is 5.97 Å². The fraction of sp³-hybridized carbons (Fsp3) is 0.333. The van der Waals surface area contributed by atoms with Gasteiger partial charge in [0.25, 0.3) is 5.91 Å². The number of carbonyl (C=O) groups excluding carboxylic acids is 2. The van der Waals surface area contributed by atoms with Gasteiger partial charge in [0.15, 0.2) is 6.61 Å². The molecule has 1 amide bonds.